The minimum absolute atomic E-state index is 0.146. The highest BCUT2D eigenvalue weighted by molar-refractivity contribution is 6.13. The lowest BCUT2D eigenvalue weighted by Gasteiger charge is -2.35. The van der Waals surface area contributed by atoms with Crippen LogP contribution in [-0.2, 0) is 13.0 Å². The second kappa shape index (κ2) is 4.66. The summed E-state index contributed by atoms with van der Waals surface area (Å²) in [5.41, 5.74) is 0.848. The lowest BCUT2D eigenvalue weighted by atomic mass is 9.86. The smallest absolute Gasteiger partial charge is 0.269 e. The van der Waals surface area contributed by atoms with Crippen LogP contribution in [0.25, 0.3) is 11.0 Å². The van der Waals surface area contributed by atoms with E-state index in [1.807, 2.05) is 24.3 Å². The minimum Gasteiger partial charge on any atom is -0.269 e. The van der Waals surface area contributed by atoms with E-state index in [1.165, 1.54) is 31.8 Å². The van der Waals surface area contributed by atoms with Gasteiger partial charge in [-0.25, -0.2) is 4.98 Å². The van der Waals surface area contributed by atoms with Gasteiger partial charge in [0.05, 0.1) is 29.1 Å². The molecule has 3 heterocycles. The predicted octanol–water partition coefficient (Wildman–Crippen LogP) is 3.08. The number of benzene rings is 1. The Morgan fingerprint density at radius 3 is 2.50 bits per heavy atom. The van der Waals surface area contributed by atoms with Crippen molar-refractivity contribution < 1.29 is 8.78 Å². The largest absolute Gasteiger partial charge is 0.314 e. The second-order valence-corrected chi connectivity index (χ2v) is 6.37. The zero-order valence-electron chi connectivity index (χ0n) is 13.5. The van der Waals surface area contributed by atoms with Gasteiger partial charge >= 0.3 is 5.92 Å². The summed E-state index contributed by atoms with van der Waals surface area (Å²) in [5, 5.41) is 4.01. The number of alkyl halides is 2. The molecule has 0 unspecified atom stereocenters. The monoisotopic (exact) mass is 327 g/mol. The maximum atomic E-state index is 14.8. The Hall–Kier alpha value is -2.70. The van der Waals surface area contributed by atoms with E-state index in [-0.39, 0.29) is 5.69 Å². The third kappa shape index (κ3) is 1.90. The normalized spacial score (nSPS) is 18.3. The first kappa shape index (κ1) is 14.9. The molecule has 4 rings (SSSR count). The van der Waals surface area contributed by atoms with Crippen LogP contribution in [0.1, 0.15) is 30.8 Å². The summed E-state index contributed by atoms with van der Waals surface area (Å²) in [6.45, 7) is 2.83. The molecule has 0 fully saturated rings. The summed E-state index contributed by atoms with van der Waals surface area (Å²) < 4.78 is 30.8. The topological polar surface area (TPSA) is 56.0 Å². The molecule has 1 aliphatic heterocycles. The molecule has 0 aliphatic carbocycles. The Bertz CT molecular complexity index is 988. The zero-order valence-corrected chi connectivity index (χ0v) is 13.5. The van der Waals surface area contributed by atoms with E-state index in [2.05, 4.69) is 20.1 Å². The summed E-state index contributed by atoms with van der Waals surface area (Å²) in [6, 6.07) is 7.41. The maximum Gasteiger partial charge on any atom is 0.314 e. The van der Waals surface area contributed by atoms with Crippen molar-refractivity contribution in [2.24, 2.45) is 12.0 Å². The first-order chi connectivity index (χ1) is 11.3. The van der Waals surface area contributed by atoms with Gasteiger partial charge in [0.15, 0.2) is 0 Å². The molecule has 122 valence electrons. The van der Waals surface area contributed by atoms with Crippen molar-refractivity contribution in [3.8, 4) is 0 Å². The SMILES string of the molecule is Cn1ncc2c1C(F)(F)C(C)(C)N=C2c1cnc2ccccc2n1. The Morgan fingerprint density at radius 1 is 1.04 bits per heavy atom. The predicted molar refractivity (Wildman–Crippen MR) is 86.4 cm³/mol. The molecule has 1 aliphatic rings. The fourth-order valence-corrected chi connectivity index (χ4v) is 2.95. The van der Waals surface area contributed by atoms with E-state index in [0.29, 0.717) is 22.5 Å². The van der Waals surface area contributed by atoms with Gasteiger partial charge in [0.25, 0.3) is 0 Å². The third-order valence-corrected chi connectivity index (χ3v) is 4.34. The van der Waals surface area contributed by atoms with E-state index in [0.717, 1.165) is 5.52 Å². The minimum atomic E-state index is -3.12. The molecule has 0 N–H and O–H groups in total. The fraction of sp³-hybridized carbons (Fsp3) is 0.294. The lowest BCUT2D eigenvalue weighted by molar-refractivity contribution is -0.0749. The van der Waals surface area contributed by atoms with Crippen LogP contribution in [0.2, 0.25) is 0 Å². The molecule has 1 aromatic carbocycles. The van der Waals surface area contributed by atoms with Gasteiger partial charge < -0.3 is 0 Å². The molecule has 7 heteroatoms. The Balaban J connectivity index is 1.98. The van der Waals surface area contributed by atoms with Crippen molar-refractivity contribution in [3.63, 3.8) is 0 Å². The van der Waals surface area contributed by atoms with Crippen molar-refractivity contribution >= 4 is 16.7 Å². The number of rotatable bonds is 1. The second-order valence-electron chi connectivity index (χ2n) is 6.37. The van der Waals surface area contributed by atoms with Crippen LogP contribution in [-0.4, -0.2) is 31.0 Å². The van der Waals surface area contributed by atoms with Crippen molar-refractivity contribution in [2.75, 3.05) is 0 Å². The van der Waals surface area contributed by atoms with Gasteiger partial charge in [0.2, 0.25) is 0 Å². The zero-order chi connectivity index (χ0) is 17.1. The van der Waals surface area contributed by atoms with Crippen LogP contribution in [0.4, 0.5) is 8.78 Å². The summed E-state index contributed by atoms with van der Waals surface area (Å²) in [4.78, 5) is 13.2. The quantitative estimate of drug-likeness (QED) is 0.690. The molecule has 0 saturated carbocycles. The number of hydrogen-bond acceptors (Lipinski definition) is 4. The van der Waals surface area contributed by atoms with Crippen molar-refractivity contribution in [1.29, 1.82) is 0 Å². The number of aliphatic imine (C=N–C) groups is 1. The Kier molecular flexibility index (Phi) is 2.88. The molecular weight excluding hydrogens is 312 g/mol. The highest BCUT2D eigenvalue weighted by atomic mass is 19.3. The van der Waals surface area contributed by atoms with Gasteiger partial charge in [-0.05, 0) is 26.0 Å². The Morgan fingerprint density at radius 2 is 1.75 bits per heavy atom. The van der Waals surface area contributed by atoms with Crippen LogP contribution in [0, 0.1) is 0 Å². The van der Waals surface area contributed by atoms with Crippen LogP contribution >= 0.6 is 0 Å². The van der Waals surface area contributed by atoms with Crippen molar-refractivity contribution in [2.45, 2.75) is 25.3 Å². The van der Waals surface area contributed by atoms with Crippen LogP contribution in [0.3, 0.4) is 0 Å². The van der Waals surface area contributed by atoms with E-state index in [4.69, 9.17) is 0 Å². The molecule has 0 amide bonds. The van der Waals surface area contributed by atoms with Gasteiger partial charge in [-0.2, -0.15) is 13.9 Å². The van der Waals surface area contributed by atoms with Gasteiger partial charge in [-0.1, -0.05) is 12.1 Å². The molecule has 0 bridgehead atoms. The molecule has 5 nitrogen and oxygen atoms in total. The number of aryl methyl sites for hydroxylation is 1. The Labute approximate surface area is 137 Å². The van der Waals surface area contributed by atoms with Crippen LogP contribution in [0.5, 0.6) is 0 Å². The van der Waals surface area contributed by atoms with Gasteiger partial charge in [0.1, 0.15) is 16.9 Å². The third-order valence-electron chi connectivity index (χ3n) is 4.34. The van der Waals surface area contributed by atoms with E-state index in [9.17, 15) is 8.78 Å². The number of aromatic nitrogens is 4. The average Bonchev–Trinajstić information content (AvgIpc) is 2.93. The first-order valence-electron chi connectivity index (χ1n) is 7.54. The highest BCUT2D eigenvalue weighted by Gasteiger charge is 2.55. The molecule has 2 aromatic heterocycles. The lowest BCUT2D eigenvalue weighted by Crippen LogP contribution is -2.45. The maximum absolute atomic E-state index is 14.8. The summed E-state index contributed by atoms with van der Waals surface area (Å²) >= 11 is 0. The van der Waals surface area contributed by atoms with E-state index < -0.39 is 11.5 Å². The van der Waals surface area contributed by atoms with E-state index in [1.54, 1.807) is 6.20 Å². The first-order valence-corrected chi connectivity index (χ1v) is 7.54. The van der Waals surface area contributed by atoms with Gasteiger partial charge in [-0.3, -0.25) is 14.7 Å². The number of fused-ring (bicyclic) bond motifs is 2. The van der Waals surface area contributed by atoms with Crippen LogP contribution < -0.4 is 0 Å². The van der Waals surface area contributed by atoms with E-state index >= 15 is 0 Å². The van der Waals surface area contributed by atoms with Crippen molar-refractivity contribution in [3.05, 3.63) is 53.6 Å². The molecule has 0 atom stereocenters. The number of hydrogen-bond donors (Lipinski definition) is 0. The van der Waals surface area contributed by atoms with Gasteiger partial charge in [0, 0.05) is 12.6 Å². The average molecular weight is 327 g/mol. The molecular formula is C17H15F2N5. The highest BCUT2D eigenvalue weighted by Crippen LogP contribution is 2.46. The molecule has 0 spiro atoms. The number of para-hydroxylation sites is 2. The van der Waals surface area contributed by atoms with Crippen LogP contribution in [0.15, 0.2) is 41.7 Å². The number of nitrogens with zero attached hydrogens (tertiary/aromatic N) is 5. The summed E-state index contributed by atoms with van der Waals surface area (Å²) in [6.07, 6.45) is 2.98. The summed E-state index contributed by atoms with van der Waals surface area (Å²) in [7, 11) is 1.51. The molecule has 0 radical (unpaired) electrons. The summed E-state index contributed by atoms with van der Waals surface area (Å²) in [5.74, 6) is -3.12. The van der Waals surface area contributed by atoms with Crippen molar-refractivity contribution in [1.82, 2.24) is 19.7 Å². The molecule has 24 heavy (non-hydrogen) atoms. The molecule has 0 saturated heterocycles. The standard InChI is InChI=1S/C17H15F2N5/c1-16(2)17(18,19)15-10(8-21-24(15)3)14(23-16)13-9-20-11-6-4-5-7-12(11)22-13/h4-9H,1-3H3. The number of halogens is 2. The molecule has 3 aromatic rings. The van der Waals surface area contributed by atoms with Gasteiger partial charge in [-0.15, -0.1) is 0 Å². The fourth-order valence-electron chi connectivity index (χ4n) is 2.95.